The van der Waals surface area contributed by atoms with Gasteiger partial charge in [0.25, 0.3) is 5.56 Å². The second-order valence-corrected chi connectivity index (χ2v) is 7.14. The number of aryl methyl sites for hydroxylation is 3. The summed E-state index contributed by atoms with van der Waals surface area (Å²) in [6, 6.07) is 18.7. The van der Waals surface area contributed by atoms with Crippen molar-refractivity contribution in [3.63, 3.8) is 0 Å². The Morgan fingerprint density at radius 1 is 0.931 bits per heavy atom. The lowest BCUT2D eigenvalue weighted by Crippen LogP contribution is -2.62. The molecule has 0 saturated heterocycles. The first-order chi connectivity index (χ1) is 14.0. The van der Waals surface area contributed by atoms with Gasteiger partial charge < -0.3 is 5.11 Å². The molecular weight excluding hydrogens is 362 g/mol. The van der Waals surface area contributed by atoms with Gasteiger partial charge in [-0.2, -0.15) is 0 Å². The van der Waals surface area contributed by atoms with E-state index in [1.54, 1.807) is 12.3 Å². The standard InChI is InChI=1S/C24H21N3O2/c1-15-11-12-18(13-16(15)2)27-23(28)20-9-5-4-8-19(20)21(24(27)29)14-25-22-10-6-7-17(3)26-22/h4-14,29H,1-3H3/p+1/b25-14+. The first kappa shape index (κ1) is 18.6. The molecule has 0 atom stereocenters. The van der Waals surface area contributed by atoms with Crippen LogP contribution < -0.4 is 10.6 Å². The Kier molecular flexibility index (Phi) is 4.72. The third-order valence-corrected chi connectivity index (χ3v) is 5.10. The molecule has 0 aliphatic heterocycles. The summed E-state index contributed by atoms with van der Waals surface area (Å²) in [6.45, 7) is 5.91. The Bertz CT molecular complexity index is 1320. The van der Waals surface area contributed by atoms with Gasteiger partial charge in [0.2, 0.25) is 5.88 Å². The zero-order valence-corrected chi connectivity index (χ0v) is 16.6. The van der Waals surface area contributed by atoms with Gasteiger partial charge in [0.15, 0.2) is 0 Å². The van der Waals surface area contributed by atoms with Crippen LogP contribution in [0.2, 0.25) is 0 Å². The van der Waals surface area contributed by atoms with Crippen LogP contribution in [0, 0.1) is 20.8 Å². The van der Waals surface area contributed by atoms with Crippen molar-refractivity contribution < 1.29 is 10.1 Å². The maximum atomic E-state index is 13.2. The summed E-state index contributed by atoms with van der Waals surface area (Å²) in [4.78, 5) is 20.7. The van der Waals surface area contributed by atoms with Crippen LogP contribution in [0.5, 0.6) is 5.88 Å². The molecule has 2 aromatic heterocycles. The van der Waals surface area contributed by atoms with Gasteiger partial charge in [-0.25, -0.2) is 9.56 Å². The number of nitrogens with zero attached hydrogens (tertiary/aromatic N) is 2. The predicted molar refractivity (Wildman–Crippen MR) is 115 cm³/mol. The number of aromatic nitrogens is 2. The van der Waals surface area contributed by atoms with Crippen molar-refractivity contribution in [2.24, 2.45) is 0 Å². The molecule has 0 spiro atoms. The molecule has 4 rings (SSSR count). The van der Waals surface area contributed by atoms with Crippen LogP contribution in [-0.4, -0.2) is 20.9 Å². The third-order valence-electron chi connectivity index (χ3n) is 5.10. The number of aromatic hydroxyl groups is 1. The van der Waals surface area contributed by atoms with Crippen LogP contribution >= 0.6 is 0 Å². The topological polar surface area (TPSA) is 69.1 Å². The lowest BCUT2D eigenvalue weighted by molar-refractivity contribution is -0.352. The largest absolute Gasteiger partial charge is 0.494 e. The van der Waals surface area contributed by atoms with E-state index in [2.05, 4.69) is 9.98 Å². The van der Waals surface area contributed by atoms with E-state index in [1.165, 1.54) is 4.57 Å². The molecule has 0 aliphatic carbocycles. The predicted octanol–water partition coefficient (Wildman–Crippen LogP) is 2.85. The molecule has 144 valence electrons. The molecule has 0 aliphatic rings. The fraction of sp³-hybridized carbons (Fsp3) is 0.125. The van der Waals surface area contributed by atoms with Crippen molar-refractivity contribution in [3.8, 4) is 11.6 Å². The van der Waals surface area contributed by atoms with Gasteiger partial charge in [-0.3, -0.25) is 4.79 Å². The first-order valence-corrected chi connectivity index (χ1v) is 9.43. The quantitative estimate of drug-likeness (QED) is 0.534. The fourth-order valence-corrected chi connectivity index (χ4v) is 3.38. The maximum Gasteiger partial charge on any atom is 0.321 e. The van der Waals surface area contributed by atoms with Gasteiger partial charge in [0, 0.05) is 23.8 Å². The lowest BCUT2D eigenvalue weighted by Gasteiger charge is -2.14. The van der Waals surface area contributed by atoms with E-state index in [-0.39, 0.29) is 11.4 Å². The number of hydrogen-bond acceptors (Lipinski definition) is 3. The molecule has 0 unspecified atom stereocenters. The minimum atomic E-state index is -0.257. The molecule has 2 aromatic carbocycles. The number of pyridine rings is 2. The second kappa shape index (κ2) is 7.36. The SMILES string of the molecule is Cc1cccc(/[NH+]=C/c2c(O)n(-c3ccc(C)c(C)c3)c(=O)c3ccccc23)n1. The monoisotopic (exact) mass is 384 g/mol. The number of benzene rings is 2. The van der Waals surface area contributed by atoms with Crippen molar-refractivity contribution in [1.29, 1.82) is 0 Å². The fourth-order valence-electron chi connectivity index (χ4n) is 3.38. The number of fused-ring (bicyclic) bond motifs is 1. The van der Waals surface area contributed by atoms with Crippen LogP contribution in [0.25, 0.3) is 16.5 Å². The highest BCUT2D eigenvalue weighted by atomic mass is 16.3. The number of nitrogens with one attached hydrogen (secondary N) is 1. The van der Waals surface area contributed by atoms with Crippen LogP contribution in [0.15, 0.2) is 65.5 Å². The lowest BCUT2D eigenvalue weighted by atomic mass is 10.1. The van der Waals surface area contributed by atoms with Gasteiger partial charge in [-0.1, -0.05) is 24.3 Å². The smallest absolute Gasteiger partial charge is 0.321 e. The summed E-state index contributed by atoms with van der Waals surface area (Å²) in [7, 11) is 0. The van der Waals surface area contributed by atoms with Gasteiger partial charge in [-0.15, -0.1) is 0 Å². The van der Waals surface area contributed by atoms with Crippen LogP contribution in [0.3, 0.4) is 0 Å². The summed E-state index contributed by atoms with van der Waals surface area (Å²) in [6.07, 6.45) is 1.69. The van der Waals surface area contributed by atoms with E-state index in [1.807, 2.05) is 75.4 Å². The first-order valence-electron chi connectivity index (χ1n) is 9.43. The van der Waals surface area contributed by atoms with Crippen molar-refractivity contribution >= 4 is 22.8 Å². The van der Waals surface area contributed by atoms with E-state index in [0.717, 1.165) is 16.8 Å². The molecule has 5 nitrogen and oxygen atoms in total. The average molecular weight is 384 g/mol. The molecule has 0 radical (unpaired) electrons. The molecule has 0 fully saturated rings. The molecule has 2 N–H and O–H groups in total. The minimum absolute atomic E-state index is 0.114. The van der Waals surface area contributed by atoms with E-state index in [9.17, 15) is 9.90 Å². The molecule has 4 aromatic rings. The normalized spacial score (nSPS) is 11.4. The van der Waals surface area contributed by atoms with Crippen molar-refractivity contribution in [3.05, 3.63) is 93.4 Å². The Balaban J connectivity index is 1.98. The molecule has 29 heavy (non-hydrogen) atoms. The Morgan fingerprint density at radius 2 is 1.69 bits per heavy atom. The van der Waals surface area contributed by atoms with Gasteiger partial charge in [-0.05, 0) is 60.3 Å². The van der Waals surface area contributed by atoms with E-state index < -0.39 is 0 Å². The highest BCUT2D eigenvalue weighted by molar-refractivity contribution is 6.00. The highest BCUT2D eigenvalue weighted by Crippen LogP contribution is 2.26. The van der Waals surface area contributed by atoms with E-state index in [4.69, 9.17) is 0 Å². The Hall–Kier alpha value is -3.73. The van der Waals surface area contributed by atoms with Gasteiger partial charge in [0.1, 0.15) is 11.9 Å². The molecule has 0 bridgehead atoms. The highest BCUT2D eigenvalue weighted by Gasteiger charge is 2.17. The summed E-state index contributed by atoms with van der Waals surface area (Å²) >= 11 is 0. The summed E-state index contributed by atoms with van der Waals surface area (Å²) in [5.41, 5.74) is 3.96. The zero-order chi connectivity index (χ0) is 20.5. The molecule has 2 heterocycles. The van der Waals surface area contributed by atoms with Crippen molar-refractivity contribution in [2.45, 2.75) is 20.8 Å². The van der Waals surface area contributed by atoms with Crippen LogP contribution in [-0.2, 0) is 0 Å². The van der Waals surface area contributed by atoms with E-state index in [0.29, 0.717) is 27.8 Å². The average Bonchev–Trinajstić information content (AvgIpc) is 2.71. The third kappa shape index (κ3) is 3.43. The molecule has 5 heteroatoms. The van der Waals surface area contributed by atoms with Crippen molar-refractivity contribution in [1.82, 2.24) is 9.55 Å². The van der Waals surface area contributed by atoms with E-state index >= 15 is 0 Å². The van der Waals surface area contributed by atoms with Gasteiger partial charge >= 0.3 is 5.82 Å². The second-order valence-electron chi connectivity index (χ2n) is 7.14. The molecule has 0 saturated carbocycles. The number of rotatable bonds is 3. The summed E-state index contributed by atoms with van der Waals surface area (Å²) in [5.74, 6) is 0.550. The molecular formula is C24H22N3O2+. The zero-order valence-electron chi connectivity index (χ0n) is 16.6. The van der Waals surface area contributed by atoms with Crippen LogP contribution in [0.1, 0.15) is 22.4 Å². The van der Waals surface area contributed by atoms with Gasteiger partial charge in [0.05, 0.1) is 11.3 Å². The van der Waals surface area contributed by atoms with Crippen molar-refractivity contribution in [2.75, 3.05) is 0 Å². The summed E-state index contributed by atoms with van der Waals surface area (Å²) < 4.78 is 1.35. The Morgan fingerprint density at radius 3 is 2.41 bits per heavy atom. The minimum Gasteiger partial charge on any atom is -0.494 e. The summed E-state index contributed by atoms with van der Waals surface area (Å²) in [5, 5.41) is 12.3. The number of hydrogen-bond donors (Lipinski definition) is 2. The molecule has 0 amide bonds. The maximum absolute atomic E-state index is 13.2. The van der Waals surface area contributed by atoms with Crippen LogP contribution in [0.4, 0.5) is 5.82 Å². The Labute approximate surface area is 168 Å².